The summed E-state index contributed by atoms with van der Waals surface area (Å²) in [5.74, 6) is 0. The second-order valence-electron chi connectivity index (χ2n) is 6.26. The van der Waals surface area contributed by atoms with E-state index in [4.69, 9.17) is 14.2 Å². The van der Waals surface area contributed by atoms with Crippen molar-refractivity contribution in [3.05, 3.63) is 71.8 Å². The first-order valence-electron chi connectivity index (χ1n) is 8.62. The van der Waals surface area contributed by atoms with Gasteiger partial charge in [-0.3, -0.25) is 0 Å². The average Bonchev–Trinajstić information content (AvgIpc) is 3.01. The first kappa shape index (κ1) is 19.0. The fourth-order valence-electron chi connectivity index (χ4n) is 2.98. The van der Waals surface area contributed by atoms with Crippen molar-refractivity contribution >= 4 is 0 Å². The summed E-state index contributed by atoms with van der Waals surface area (Å²) < 4.78 is 17.2. The van der Waals surface area contributed by atoms with Crippen LogP contribution in [0.2, 0.25) is 0 Å². The highest BCUT2D eigenvalue weighted by molar-refractivity contribution is 5.14. The van der Waals surface area contributed by atoms with Gasteiger partial charge in [0.25, 0.3) is 0 Å². The fraction of sp³-hybridized carbons (Fsp3) is 0.400. The Morgan fingerprint density at radius 1 is 0.846 bits per heavy atom. The van der Waals surface area contributed by atoms with Crippen molar-refractivity contribution in [2.24, 2.45) is 0 Å². The van der Waals surface area contributed by atoms with Crippen molar-refractivity contribution in [1.29, 1.82) is 0 Å². The molecule has 0 bridgehead atoms. The van der Waals surface area contributed by atoms with Crippen LogP contribution in [0.15, 0.2) is 60.7 Å². The molecule has 1 aliphatic rings. The van der Waals surface area contributed by atoms with E-state index >= 15 is 0 Å². The van der Waals surface area contributed by atoms with Gasteiger partial charge in [-0.2, -0.15) is 0 Å². The molecule has 2 aromatic rings. The zero-order chi connectivity index (χ0) is 18.4. The van der Waals surface area contributed by atoms with Gasteiger partial charge in [0.1, 0.15) is 24.4 Å². The van der Waals surface area contributed by atoms with E-state index in [1.54, 1.807) is 0 Å². The first-order chi connectivity index (χ1) is 12.7. The van der Waals surface area contributed by atoms with Gasteiger partial charge in [-0.05, 0) is 11.1 Å². The molecule has 2 aromatic carbocycles. The zero-order valence-corrected chi connectivity index (χ0v) is 14.3. The van der Waals surface area contributed by atoms with Gasteiger partial charge in [0.15, 0.2) is 6.29 Å². The Labute approximate surface area is 152 Å². The Balaban J connectivity index is 1.69. The number of benzene rings is 2. The maximum absolute atomic E-state index is 10.2. The van der Waals surface area contributed by atoms with E-state index in [0.29, 0.717) is 0 Å². The van der Waals surface area contributed by atoms with Crippen molar-refractivity contribution in [3.8, 4) is 0 Å². The van der Waals surface area contributed by atoms with Crippen molar-refractivity contribution in [2.45, 2.75) is 43.9 Å². The molecule has 6 nitrogen and oxygen atoms in total. The standard InChI is InChI=1S/C20H24O6/c21-11-16(22)17-18(24-12-14-7-3-1-4-8-14)19(20(23)26-17)25-13-15-9-5-2-6-10-15/h1-10,16-23H,11-13H2/t16-,17+,18+,19-,20-/m1/s1. The SMILES string of the molecule is OC[C@@H](O)[C@@H]1O[C@@H](O)[C@H](OCc2ccccc2)[C@H]1OCc1ccccc1. The Kier molecular flexibility index (Phi) is 6.73. The minimum atomic E-state index is -1.24. The maximum atomic E-state index is 10.2. The third-order valence-corrected chi connectivity index (χ3v) is 4.36. The third kappa shape index (κ3) is 4.67. The van der Waals surface area contributed by atoms with Gasteiger partial charge in [0.2, 0.25) is 0 Å². The quantitative estimate of drug-likeness (QED) is 0.656. The number of ether oxygens (including phenoxy) is 3. The van der Waals surface area contributed by atoms with E-state index in [1.165, 1.54) is 0 Å². The molecule has 3 rings (SSSR count). The van der Waals surface area contributed by atoms with Crippen LogP contribution >= 0.6 is 0 Å². The Morgan fingerprint density at radius 3 is 1.85 bits per heavy atom. The summed E-state index contributed by atoms with van der Waals surface area (Å²) >= 11 is 0. The number of rotatable bonds is 8. The lowest BCUT2D eigenvalue weighted by Crippen LogP contribution is -2.43. The van der Waals surface area contributed by atoms with Crippen LogP contribution < -0.4 is 0 Å². The molecular formula is C20H24O6. The van der Waals surface area contributed by atoms with Gasteiger partial charge in [0.05, 0.1) is 19.8 Å². The summed E-state index contributed by atoms with van der Waals surface area (Å²) in [5, 5.41) is 29.5. The van der Waals surface area contributed by atoms with Gasteiger partial charge < -0.3 is 29.5 Å². The first-order valence-corrected chi connectivity index (χ1v) is 8.62. The average molecular weight is 360 g/mol. The minimum Gasteiger partial charge on any atom is -0.394 e. The van der Waals surface area contributed by atoms with Crippen LogP contribution in [0.25, 0.3) is 0 Å². The molecule has 0 saturated carbocycles. The van der Waals surface area contributed by atoms with Gasteiger partial charge in [-0.25, -0.2) is 0 Å². The van der Waals surface area contributed by atoms with E-state index in [0.717, 1.165) is 11.1 Å². The monoisotopic (exact) mass is 360 g/mol. The van der Waals surface area contributed by atoms with Crippen molar-refractivity contribution in [3.63, 3.8) is 0 Å². The topological polar surface area (TPSA) is 88.4 Å². The zero-order valence-electron chi connectivity index (χ0n) is 14.3. The van der Waals surface area contributed by atoms with Crippen LogP contribution in [-0.4, -0.2) is 52.6 Å². The van der Waals surface area contributed by atoms with E-state index < -0.39 is 37.3 Å². The number of aliphatic hydroxyl groups excluding tert-OH is 3. The fourth-order valence-corrected chi connectivity index (χ4v) is 2.98. The lowest BCUT2D eigenvalue weighted by atomic mass is 10.1. The van der Waals surface area contributed by atoms with Crippen molar-refractivity contribution < 1.29 is 29.5 Å². The summed E-state index contributed by atoms with van der Waals surface area (Å²) in [6.07, 6.45) is -4.78. The maximum Gasteiger partial charge on any atom is 0.184 e. The van der Waals surface area contributed by atoms with Crippen molar-refractivity contribution in [2.75, 3.05) is 6.61 Å². The molecule has 3 N–H and O–H groups in total. The van der Waals surface area contributed by atoms with E-state index in [9.17, 15) is 15.3 Å². The number of aliphatic hydroxyl groups is 3. The molecule has 0 spiro atoms. The molecule has 26 heavy (non-hydrogen) atoms. The van der Waals surface area contributed by atoms with Crippen LogP contribution in [-0.2, 0) is 27.4 Å². The summed E-state index contributed by atoms with van der Waals surface area (Å²) in [5.41, 5.74) is 1.90. The molecule has 0 radical (unpaired) electrons. The van der Waals surface area contributed by atoms with Crippen LogP contribution in [0.3, 0.4) is 0 Å². The summed E-state index contributed by atoms with van der Waals surface area (Å²) in [4.78, 5) is 0. The van der Waals surface area contributed by atoms with E-state index in [2.05, 4.69) is 0 Å². The number of hydrogen-bond acceptors (Lipinski definition) is 6. The molecule has 0 aliphatic carbocycles. The van der Waals surface area contributed by atoms with Crippen LogP contribution in [0, 0.1) is 0 Å². The Hall–Kier alpha value is -1.80. The second-order valence-corrected chi connectivity index (χ2v) is 6.26. The molecule has 140 valence electrons. The summed E-state index contributed by atoms with van der Waals surface area (Å²) in [6, 6.07) is 19.1. The van der Waals surface area contributed by atoms with Gasteiger partial charge >= 0.3 is 0 Å². The van der Waals surface area contributed by atoms with Gasteiger partial charge in [0, 0.05) is 0 Å². The molecule has 0 aromatic heterocycles. The van der Waals surface area contributed by atoms with E-state index in [-0.39, 0.29) is 13.2 Å². The lowest BCUT2D eigenvalue weighted by molar-refractivity contribution is -0.160. The summed E-state index contributed by atoms with van der Waals surface area (Å²) in [7, 11) is 0. The molecule has 1 saturated heterocycles. The molecule has 1 heterocycles. The minimum absolute atomic E-state index is 0.277. The van der Waals surface area contributed by atoms with Gasteiger partial charge in [-0.15, -0.1) is 0 Å². The normalized spacial score (nSPS) is 26.7. The van der Waals surface area contributed by atoms with Crippen LogP contribution in [0.5, 0.6) is 0 Å². The molecular weight excluding hydrogens is 336 g/mol. The Bertz CT molecular complexity index is 650. The predicted molar refractivity (Wildman–Crippen MR) is 94.0 cm³/mol. The highest BCUT2D eigenvalue weighted by atomic mass is 16.7. The largest absolute Gasteiger partial charge is 0.394 e. The molecule has 0 amide bonds. The summed E-state index contributed by atoms with van der Waals surface area (Å²) in [6.45, 7) is 0.0640. The van der Waals surface area contributed by atoms with Crippen molar-refractivity contribution in [1.82, 2.24) is 0 Å². The highest BCUT2D eigenvalue weighted by Gasteiger charge is 2.48. The molecule has 5 atom stereocenters. The molecule has 1 fully saturated rings. The highest BCUT2D eigenvalue weighted by Crippen LogP contribution is 2.29. The molecule has 6 heteroatoms. The predicted octanol–water partition coefficient (Wildman–Crippen LogP) is 1.23. The lowest BCUT2D eigenvalue weighted by Gasteiger charge is -2.25. The Morgan fingerprint density at radius 2 is 1.35 bits per heavy atom. The smallest absolute Gasteiger partial charge is 0.184 e. The van der Waals surface area contributed by atoms with Crippen LogP contribution in [0.1, 0.15) is 11.1 Å². The van der Waals surface area contributed by atoms with Crippen LogP contribution in [0.4, 0.5) is 0 Å². The molecule has 0 unspecified atom stereocenters. The van der Waals surface area contributed by atoms with E-state index in [1.807, 2.05) is 60.7 Å². The third-order valence-electron chi connectivity index (χ3n) is 4.36. The number of hydrogen-bond donors (Lipinski definition) is 3. The second kappa shape index (κ2) is 9.23. The van der Waals surface area contributed by atoms with Gasteiger partial charge in [-0.1, -0.05) is 60.7 Å². The molecule has 1 aliphatic heterocycles.